The summed E-state index contributed by atoms with van der Waals surface area (Å²) in [6.07, 6.45) is -0.953. The van der Waals surface area contributed by atoms with Gasteiger partial charge in [0.15, 0.2) is 6.10 Å². The van der Waals surface area contributed by atoms with Crippen LogP contribution in [0.5, 0.6) is 0 Å². The van der Waals surface area contributed by atoms with E-state index in [-0.39, 0.29) is 13.0 Å². The van der Waals surface area contributed by atoms with Gasteiger partial charge in [0.25, 0.3) is 0 Å². The first-order chi connectivity index (χ1) is 7.74. The fourth-order valence-corrected chi connectivity index (χ4v) is 1.14. The third-order valence-corrected chi connectivity index (χ3v) is 1.97. The van der Waals surface area contributed by atoms with Crippen LogP contribution < -0.4 is 0 Å². The Bertz CT molecular complexity index is 309. The van der Waals surface area contributed by atoms with Gasteiger partial charge >= 0.3 is 19.8 Å². The monoisotopic (exact) mass is 270 g/mol. The molecule has 0 saturated carbocycles. The third kappa shape index (κ3) is 9.95. The number of phosphoric ester groups is 1. The van der Waals surface area contributed by atoms with Crippen LogP contribution in [0.2, 0.25) is 0 Å². The third-order valence-electron chi connectivity index (χ3n) is 1.49. The highest BCUT2D eigenvalue weighted by Crippen LogP contribution is 2.35. The lowest BCUT2D eigenvalue weighted by Gasteiger charge is -2.17. The van der Waals surface area contributed by atoms with Gasteiger partial charge in [-0.25, -0.2) is 4.57 Å². The van der Waals surface area contributed by atoms with Crippen LogP contribution in [0, 0.1) is 0 Å². The number of esters is 2. The van der Waals surface area contributed by atoms with Crippen molar-refractivity contribution in [2.45, 2.75) is 26.4 Å². The number of carbonyl (C=O) groups excluding carboxylic acids is 2. The minimum absolute atomic E-state index is 0.0898. The Balaban J connectivity index is 4.24. The van der Waals surface area contributed by atoms with Crippen LogP contribution in [-0.4, -0.2) is 41.0 Å². The number of ether oxygens (including phenoxy) is 2. The van der Waals surface area contributed by atoms with Crippen molar-refractivity contribution in [2.24, 2.45) is 0 Å². The van der Waals surface area contributed by atoms with E-state index in [1.165, 1.54) is 0 Å². The van der Waals surface area contributed by atoms with Gasteiger partial charge in [-0.1, -0.05) is 6.92 Å². The zero-order valence-electron chi connectivity index (χ0n) is 9.49. The molecule has 0 bridgehead atoms. The lowest BCUT2D eigenvalue weighted by molar-refractivity contribution is -0.159. The molecular formula is C8H15O8P. The fourth-order valence-electron chi connectivity index (χ4n) is 0.776. The van der Waals surface area contributed by atoms with Gasteiger partial charge in [-0.3, -0.25) is 14.1 Å². The van der Waals surface area contributed by atoms with Crippen molar-refractivity contribution >= 4 is 19.8 Å². The average molecular weight is 270 g/mol. The summed E-state index contributed by atoms with van der Waals surface area (Å²) >= 11 is 0. The summed E-state index contributed by atoms with van der Waals surface area (Å²) in [4.78, 5) is 38.5. The molecule has 0 aliphatic rings. The minimum atomic E-state index is -4.65. The van der Waals surface area contributed by atoms with E-state index in [2.05, 4.69) is 9.26 Å². The molecule has 0 aromatic heterocycles. The summed E-state index contributed by atoms with van der Waals surface area (Å²) in [5, 5.41) is 0. The van der Waals surface area contributed by atoms with E-state index < -0.39 is 32.5 Å². The lowest BCUT2D eigenvalue weighted by Crippen LogP contribution is -2.28. The zero-order valence-corrected chi connectivity index (χ0v) is 10.4. The first kappa shape index (κ1) is 16.1. The Morgan fingerprint density at radius 2 is 1.88 bits per heavy atom. The van der Waals surface area contributed by atoms with Crippen LogP contribution >= 0.6 is 7.82 Å². The molecule has 0 spiro atoms. The van der Waals surface area contributed by atoms with E-state index in [1.54, 1.807) is 6.92 Å². The van der Waals surface area contributed by atoms with Gasteiger partial charge in [-0.2, -0.15) is 0 Å². The molecule has 9 heteroatoms. The normalized spacial score (nSPS) is 12.9. The summed E-state index contributed by atoms with van der Waals surface area (Å²) in [5.41, 5.74) is 0. The van der Waals surface area contributed by atoms with Crippen molar-refractivity contribution in [3.63, 3.8) is 0 Å². The molecule has 0 rings (SSSR count). The molecule has 8 nitrogen and oxygen atoms in total. The molecule has 0 radical (unpaired) electrons. The van der Waals surface area contributed by atoms with E-state index >= 15 is 0 Å². The molecule has 100 valence electrons. The summed E-state index contributed by atoms with van der Waals surface area (Å²) in [7, 11) is -4.65. The average Bonchev–Trinajstić information content (AvgIpc) is 2.20. The van der Waals surface area contributed by atoms with Gasteiger partial charge in [0.1, 0.15) is 6.61 Å². The molecule has 0 amide bonds. The van der Waals surface area contributed by atoms with Crippen molar-refractivity contribution in [1.29, 1.82) is 0 Å². The molecule has 0 fully saturated rings. The Labute approximate surface area is 98.1 Å². The number of hydrogen-bond acceptors (Lipinski definition) is 6. The highest BCUT2D eigenvalue weighted by molar-refractivity contribution is 7.46. The van der Waals surface area contributed by atoms with E-state index in [1.807, 2.05) is 0 Å². The van der Waals surface area contributed by atoms with Crippen molar-refractivity contribution < 1.29 is 37.9 Å². The Morgan fingerprint density at radius 1 is 1.29 bits per heavy atom. The standard InChI is InChI=1S/C8H15O8P/c1-3-8(10)16-7(4-14-6(2)9)5-15-17(11,12)13/h7H,3-5H2,1-2H3,(H2,11,12,13). The molecule has 1 unspecified atom stereocenters. The number of carbonyl (C=O) groups is 2. The van der Waals surface area contributed by atoms with E-state index in [9.17, 15) is 14.2 Å². The molecule has 1 atom stereocenters. The van der Waals surface area contributed by atoms with Crippen molar-refractivity contribution in [3.8, 4) is 0 Å². The predicted octanol–water partition coefficient (Wildman–Crippen LogP) is -0.0194. The lowest BCUT2D eigenvalue weighted by atomic mass is 10.4. The van der Waals surface area contributed by atoms with Gasteiger partial charge in [-0.15, -0.1) is 0 Å². The molecule has 0 aromatic carbocycles. The maximum atomic E-state index is 11.0. The SMILES string of the molecule is CCC(=O)OC(COC(C)=O)COP(=O)(O)O. The van der Waals surface area contributed by atoms with Gasteiger partial charge < -0.3 is 19.3 Å². The summed E-state index contributed by atoms with van der Waals surface area (Å²) < 4.78 is 23.9. The second kappa shape index (κ2) is 7.39. The molecule has 17 heavy (non-hydrogen) atoms. The van der Waals surface area contributed by atoms with Gasteiger partial charge in [0, 0.05) is 13.3 Å². The van der Waals surface area contributed by atoms with Gasteiger partial charge in [-0.05, 0) is 0 Å². The minimum Gasteiger partial charge on any atom is -0.462 e. The van der Waals surface area contributed by atoms with E-state index in [0.29, 0.717) is 0 Å². The summed E-state index contributed by atoms with van der Waals surface area (Å²) in [6.45, 7) is 1.84. The largest absolute Gasteiger partial charge is 0.469 e. The second-order valence-corrected chi connectivity index (χ2v) is 4.29. The Kier molecular flexibility index (Phi) is 6.98. The summed E-state index contributed by atoms with van der Waals surface area (Å²) in [5.74, 6) is -1.19. The second-order valence-electron chi connectivity index (χ2n) is 3.05. The molecule has 0 aliphatic heterocycles. The number of hydrogen-bond donors (Lipinski definition) is 2. The van der Waals surface area contributed by atoms with Gasteiger partial charge in [0.2, 0.25) is 0 Å². The van der Waals surface area contributed by atoms with Gasteiger partial charge in [0.05, 0.1) is 6.61 Å². The number of phosphoric acid groups is 1. The van der Waals surface area contributed by atoms with Crippen LogP contribution in [0.1, 0.15) is 20.3 Å². The Hall–Kier alpha value is -0.950. The van der Waals surface area contributed by atoms with Crippen molar-refractivity contribution in [1.82, 2.24) is 0 Å². The molecule has 0 aromatic rings. The van der Waals surface area contributed by atoms with Crippen LogP contribution in [0.4, 0.5) is 0 Å². The Morgan fingerprint density at radius 3 is 2.29 bits per heavy atom. The quantitative estimate of drug-likeness (QED) is 0.489. The van der Waals surface area contributed by atoms with E-state index in [0.717, 1.165) is 6.92 Å². The molecule has 0 heterocycles. The topological polar surface area (TPSA) is 119 Å². The highest BCUT2D eigenvalue weighted by atomic mass is 31.2. The summed E-state index contributed by atoms with van der Waals surface area (Å²) in [6, 6.07) is 0. The van der Waals surface area contributed by atoms with Crippen molar-refractivity contribution in [3.05, 3.63) is 0 Å². The predicted molar refractivity (Wildman–Crippen MR) is 54.8 cm³/mol. The number of rotatable bonds is 7. The van der Waals surface area contributed by atoms with Crippen molar-refractivity contribution in [2.75, 3.05) is 13.2 Å². The fraction of sp³-hybridized carbons (Fsp3) is 0.750. The van der Waals surface area contributed by atoms with E-state index in [4.69, 9.17) is 14.5 Å². The zero-order chi connectivity index (χ0) is 13.5. The van der Waals surface area contributed by atoms with Crippen LogP contribution in [0.15, 0.2) is 0 Å². The first-order valence-corrected chi connectivity index (χ1v) is 6.30. The molecule has 0 aliphatic carbocycles. The first-order valence-electron chi connectivity index (χ1n) is 4.77. The maximum absolute atomic E-state index is 11.0. The smallest absolute Gasteiger partial charge is 0.462 e. The molecule has 2 N–H and O–H groups in total. The van der Waals surface area contributed by atoms with Crippen LogP contribution in [0.25, 0.3) is 0 Å². The highest BCUT2D eigenvalue weighted by Gasteiger charge is 2.21. The van der Waals surface area contributed by atoms with Crippen LogP contribution in [0.3, 0.4) is 0 Å². The van der Waals surface area contributed by atoms with Crippen LogP contribution in [-0.2, 0) is 28.2 Å². The molecular weight excluding hydrogens is 255 g/mol. The molecule has 0 saturated heterocycles. The maximum Gasteiger partial charge on any atom is 0.469 e.